The van der Waals surface area contributed by atoms with Gasteiger partial charge in [0.25, 0.3) is 0 Å². The van der Waals surface area contributed by atoms with Gasteiger partial charge in [-0.05, 0) is 44.0 Å². The number of urea groups is 1. The number of amides is 2. The van der Waals surface area contributed by atoms with Crippen molar-refractivity contribution in [2.75, 3.05) is 24.2 Å². The predicted molar refractivity (Wildman–Crippen MR) is 70.2 cm³/mol. The van der Waals surface area contributed by atoms with Crippen LogP contribution >= 0.6 is 0 Å². The fraction of sp³-hybridized carbons (Fsp3) is 0.462. The molecule has 17 heavy (non-hydrogen) atoms. The molecule has 0 aromatic heterocycles. The van der Waals surface area contributed by atoms with Crippen molar-refractivity contribution in [1.82, 2.24) is 4.90 Å². The SMILES string of the molecule is CCN(C)C(=O)N1c2ccc(N)cc2CC1C. The fourth-order valence-electron chi connectivity index (χ4n) is 2.26. The van der Waals surface area contributed by atoms with Crippen LogP contribution in [0.3, 0.4) is 0 Å². The third kappa shape index (κ3) is 1.95. The Morgan fingerprint density at radius 3 is 2.94 bits per heavy atom. The summed E-state index contributed by atoms with van der Waals surface area (Å²) in [5.74, 6) is 0. The monoisotopic (exact) mass is 233 g/mol. The van der Waals surface area contributed by atoms with Gasteiger partial charge in [-0.25, -0.2) is 4.79 Å². The van der Waals surface area contributed by atoms with Gasteiger partial charge in [-0.15, -0.1) is 0 Å². The molecule has 0 aliphatic carbocycles. The van der Waals surface area contributed by atoms with Gasteiger partial charge in [0.15, 0.2) is 0 Å². The molecule has 1 heterocycles. The molecule has 0 saturated carbocycles. The number of benzene rings is 1. The maximum Gasteiger partial charge on any atom is 0.324 e. The minimum atomic E-state index is 0.0588. The zero-order chi connectivity index (χ0) is 12.6. The van der Waals surface area contributed by atoms with Crippen LogP contribution < -0.4 is 10.6 Å². The Bertz CT molecular complexity index is 444. The Balaban J connectivity index is 2.35. The predicted octanol–water partition coefficient (Wildman–Crippen LogP) is 2.09. The summed E-state index contributed by atoms with van der Waals surface area (Å²) in [6, 6.07) is 6.01. The second-order valence-electron chi connectivity index (χ2n) is 4.61. The van der Waals surface area contributed by atoms with Crippen LogP contribution in [0.15, 0.2) is 18.2 Å². The van der Waals surface area contributed by atoms with Crippen molar-refractivity contribution in [3.63, 3.8) is 0 Å². The molecule has 92 valence electrons. The first-order chi connectivity index (χ1) is 8.04. The molecule has 2 N–H and O–H groups in total. The molecule has 4 nitrogen and oxygen atoms in total. The van der Waals surface area contributed by atoms with Crippen molar-refractivity contribution in [1.29, 1.82) is 0 Å². The molecule has 4 heteroatoms. The fourth-order valence-corrected chi connectivity index (χ4v) is 2.26. The van der Waals surface area contributed by atoms with E-state index < -0.39 is 0 Å². The third-order valence-corrected chi connectivity index (χ3v) is 3.33. The zero-order valence-electron chi connectivity index (χ0n) is 10.6. The summed E-state index contributed by atoms with van der Waals surface area (Å²) < 4.78 is 0. The lowest BCUT2D eigenvalue weighted by Gasteiger charge is -2.27. The Morgan fingerprint density at radius 1 is 1.59 bits per heavy atom. The third-order valence-electron chi connectivity index (χ3n) is 3.33. The van der Waals surface area contributed by atoms with Crippen molar-refractivity contribution < 1.29 is 4.79 Å². The van der Waals surface area contributed by atoms with E-state index in [2.05, 4.69) is 6.92 Å². The van der Waals surface area contributed by atoms with Gasteiger partial charge in [0, 0.05) is 31.0 Å². The molecule has 0 radical (unpaired) electrons. The van der Waals surface area contributed by atoms with Crippen LogP contribution in [0.25, 0.3) is 0 Å². The van der Waals surface area contributed by atoms with Gasteiger partial charge in [0.05, 0.1) is 0 Å². The number of rotatable bonds is 1. The maximum absolute atomic E-state index is 12.3. The first-order valence-corrected chi connectivity index (χ1v) is 5.97. The molecular weight excluding hydrogens is 214 g/mol. The van der Waals surface area contributed by atoms with Gasteiger partial charge >= 0.3 is 6.03 Å². The molecule has 2 rings (SSSR count). The van der Waals surface area contributed by atoms with Crippen LogP contribution in [0.5, 0.6) is 0 Å². The Labute approximate surface area is 102 Å². The van der Waals surface area contributed by atoms with E-state index in [0.29, 0.717) is 6.54 Å². The summed E-state index contributed by atoms with van der Waals surface area (Å²) in [4.78, 5) is 15.8. The minimum absolute atomic E-state index is 0.0588. The smallest absolute Gasteiger partial charge is 0.324 e. The number of nitrogens with two attached hydrogens (primary N) is 1. The highest BCUT2D eigenvalue weighted by atomic mass is 16.2. The van der Waals surface area contributed by atoms with Crippen LogP contribution in [0, 0.1) is 0 Å². The van der Waals surface area contributed by atoms with Gasteiger partial charge in [0.2, 0.25) is 0 Å². The lowest BCUT2D eigenvalue weighted by molar-refractivity contribution is 0.216. The number of carbonyl (C=O) groups excluding carboxylic acids is 1. The standard InChI is InChI=1S/C13H19N3O/c1-4-15(3)13(17)16-9(2)7-10-8-11(14)5-6-12(10)16/h5-6,8-9H,4,7,14H2,1-3H3. The van der Waals surface area contributed by atoms with Crippen molar-refractivity contribution in [3.05, 3.63) is 23.8 Å². The Morgan fingerprint density at radius 2 is 2.29 bits per heavy atom. The number of nitrogens with zero attached hydrogens (tertiary/aromatic N) is 2. The van der Waals surface area contributed by atoms with E-state index in [-0.39, 0.29) is 12.1 Å². The Hall–Kier alpha value is -1.71. The molecule has 1 aromatic rings. The molecule has 1 aliphatic rings. The number of anilines is 2. The van der Waals surface area contributed by atoms with Gasteiger partial charge in [-0.3, -0.25) is 4.90 Å². The summed E-state index contributed by atoms with van der Waals surface area (Å²) in [6.45, 7) is 4.76. The molecule has 0 saturated heterocycles. The van der Waals surface area contributed by atoms with E-state index >= 15 is 0 Å². The quantitative estimate of drug-likeness (QED) is 0.755. The molecular formula is C13H19N3O. The first kappa shape index (κ1) is 11.8. The summed E-state index contributed by atoms with van der Waals surface area (Å²) in [6.07, 6.45) is 0.879. The summed E-state index contributed by atoms with van der Waals surface area (Å²) in [5, 5.41) is 0. The summed E-state index contributed by atoms with van der Waals surface area (Å²) in [5.41, 5.74) is 8.69. The average molecular weight is 233 g/mol. The second-order valence-corrected chi connectivity index (χ2v) is 4.61. The zero-order valence-corrected chi connectivity index (χ0v) is 10.6. The maximum atomic E-state index is 12.3. The van der Waals surface area contributed by atoms with Crippen molar-refractivity contribution in [2.24, 2.45) is 0 Å². The second kappa shape index (κ2) is 4.28. The number of hydrogen-bond acceptors (Lipinski definition) is 2. The van der Waals surface area contributed by atoms with E-state index in [4.69, 9.17) is 5.73 Å². The number of carbonyl (C=O) groups is 1. The van der Waals surface area contributed by atoms with Crippen LogP contribution in [-0.4, -0.2) is 30.6 Å². The van der Waals surface area contributed by atoms with E-state index in [1.807, 2.05) is 37.1 Å². The van der Waals surface area contributed by atoms with E-state index in [1.54, 1.807) is 4.90 Å². The highest BCUT2D eigenvalue weighted by Gasteiger charge is 2.32. The molecule has 1 atom stereocenters. The van der Waals surface area contributed by atoms with Gasteiger partial charge in [-0.2, -0.15) is 0 Å². The lowest BCUT2D eigenvalue weighted by Crippen LogP contribution is -2.44. The normalized spacial score (nSPS) is 18.1. The topological polar surface area (TPSA) is 49.6 Å². The van der Waals surface area contributed by atoms with Crippen molar-refractivity contribution >= 4 is 17.4 Å². The number of fused-ring (bicyclic) bond motifs is 1. The van der Waals surface area contributed by atoms with Crippen molar-refractivity contribution in [2.45, 2.75) is 26.3 Å². The van der Waals surface area contributed by atoms with E-state index in [0.717, 1.165) is 23.4 Å². The largest absolute Gasteiger partial charge is 0.399 e. The number of hydrogen-bond donors (Lipinski definition) is 1. The number of nitrogen functional groups attached to an aromatic ring is 1. The molecule has 1 aliphatic heterocycles. The highest BCUT2D eigenvalue weighted by Crippen LogP contribution is 2.34. The van der Waals surface area contributed by atoms with Crippen LogP contribution in [0.1, 0.15) is 19.4 Å². The molecule has 2 amide bonds. The summed E-state index contributed by atoms with van der Waals surface area (Å²) >= 11 is 0. The lowest BCUT2D eigenvalue weighted by atomic mass is 10.1. The van der Waals surface area contributed by atoms with Crippen LogP contribution in [0.2, 0.25) is 0 Å². The van der Waals surface area contributed by atoms with E-state index in [1.165, 1.54) is 0 Å². The summed E-state index contributed by atoms with van der Waals surface area (Å²) in [7, 11) is 1.82. The van der Waals surface area contributed by atoms with Crippen LogP contribution in [-0.2, 0) is 6.42 Å². The Kier molecular flexibility index (Phi) is 2.96. The highest BCUT2D eigenvalue weighted by molar-refractivity contribution is 5.95. The molecule has 1 aromatic carbocycles. The molecule has 0 spiro atoms. The van der Waals surface area contributed by atoms with Gasteiger partial charge in [0.1, 0.15) is 0 Å². The van der Waals surface area contributed by atoms with Crippen LogP contribution in [0.4, 0.5) is 16.2 Å². The minimum Gasteiger partial charge on any atom is -0.399 e. The van der Waals surface area contributed by atoms with Gasteiger partial charge in [-0.1, -0.05) is 0 Å². The molecule has 0 fully saturated rings. The van der Waals surface area contributed by atoms with Crippen molar-refractivity contribution in [3.8, 4) is 0 Å². The molecule has 1 unspecified atom stereocenters. The first-order valence-electron chi connectivity index (χ1n) is 5.97. The van der Waals surface area contributed by atoms with Gasteiger partial charge < -0.3 is 10.6 Å². The molecule has 0 bridgehead atoms. The van der Waals surface area contributed by atoms with E-state index in [9.17, 15) is 4.79 Å². The average Bonchev–Trinajstić information content (AvgIpc) is 2.62.